The van der Waals surface area contributed by atoms with Crippen molar-refractivity contribution in [1.29, 1.82) is 0 Å². The first-order valence-corrected chi connectivity index (χ1v) is 13.1. The van der Waals surface area contributed by atoms with E-state index < -0.39 is 0 Å². The number of nitrogens with zero attached hydrogens (tertiary/aromatic N) is 5. The first-order valence-electron chi connectivity index (χ1n) is 12.4. The van der Waals surface area contributed by atoms with E-state index in [9.17, 15) is 5.11 Å². The molecule has 0 bridgehead atoms. The number of hydrogen-bond donors (Lipinski definition) is 2. The summed E-state index contributed by atoms with van der Waals surface area (Å²) in [6, 6.07) is 17.2. The molecule has 1 aliphatic rings. The molecule has 1 fully saturated rings. The third kappa shape index (κ3) is 4.99. The maximum atomic E-state index is 9.59. The molecule has 2 N–H and O–H groups in total. The van der Waals surface area contributed by atoms with Crippen LogP contribution in [0.4, 0.5) is 11.5 Å². The summed E-state index contributed by atoms with van der Waals surface area (Å²) in [4.78, 5) is 20.1. The van der Waals surface area contributed by atoms with Crippen LogP contribution < -0.4 is 10.1 Å². The Balaban J connectivity index is 1.33. The van der Waals surface area contributed by atoms with Gasteiger partial charge in [0.2, 0.25) is 5.88 Å². The van der Waals surface area contributed by atoms with Gasteiger partial charge in [-0.15, -0.1) is 0 Å². The van der Waals surface area contributed by atoms with E-state index in [0.29, 0.717) is 58.3 Å². The number of nitrogens with one attached hydrogen (secondary N) is 1. The van der Waals surface area contributed by atoms with Crippen molar-refractivity contribution in [3.63, 3.8) is 0 Å². The van der Waals surface area contributed by atoms with E-state index in [1.807, 2.05) is 54.6 Å². The minimum atomic E-state index is -0.262. The zero-order valence-electron chi connectivity index (χ0n) is 21.0. The van der Waals surface area contributed by atoms with E-state index in [0.717, 1.165) is 27.8 Å². The van der Waals surface area contributed by atoms with E-state index in [1.165, 1.54) is 0 Å². The molecule has 0 radical (unpaired) electrons. The number of benzene rings is 2. The van der Waals surface area contributed by atoms with Gasteiger partial charge in [0.25, 0.3) is 0 Å². The number of β-amino-alcohol motifs (C(OH)–C–C–N with tert-alkyl or cyclic N) is 1. The average Bonchev–Trinajstić information content (AvgIpc) is 2.94. The van der Waals surface area contributed by atoms with Gasteiger partial charge in [0.05, 0.1) is 40.2 Å². The molecule has 0 saturated carbocycles. The lowest BCUT2D eigenvalue weighted by molar-refractivity contribution is -0.00330. The molecule has 2 aromatic carbocycles. The molecule has 10 heteroatoms. The highest BCUT2D eigenvalue weighted by Crippen LogP contribution is 2.42. The summed E-state index contributed by atoms with van der Waals surface area (Å²) in [6.07, 6.45) is 4.69. The van der Waals surface area contributed by atoms with Gasteiger partial charge in [-0.3, -0.25) is 9.88 Å². The fraction of sp³-hybridized carbons (Fsp3) is 0.172. The highest BCUT2D eigenvalue weighted by atomic mass is 35.5. The molecular formula is C29H24Cl2N6O2. The second-order valence-corrected chi connectivity index (χ2v) is 10.0. The van der Waals surface area contributed by atoms with Gasteiger partial charge in [0.15, 0.2) is 5.82 Å². The Morgan fingerprint density at radius 1 is 0.897 bits per heavy atom. The van der Waals surface area contributed by atoms with Crippen molar-refractivity contribution >= 4 is 45.7 Å². The Hall–Kier alpha value is -3.82. The number of aromatic nitrogens is 4. The number of likely N-dealkylation sites (tertiary alicyclic amines) is 1. The normalized spacial score (nSPS) is 13.8. The summed E-state index contributed by atoms with van der Waals surface area (Å²) in [6.45, 7) is 1.96. The zero-order valence-corrected chi connectivity index (χ0v) is 22.5. The van der Waals surface area contributed by atoms with Gasteiger partial charge in [0, 0.05) is 60.5 Å². The average molecular weight is 559 g/mol. The SMILES string of the molecule is COc1nc(-c2cccc(-c3cccc(Nc4nccc5nccnc45)c3Cl)c2Cl)ccc1CN1CC(O)C1. The van der Waals surface area contributed by atoms with E-state index >= 15 is 0 Å². The summed E-state index contributed by atoms with van der Waals surface area (Å²) in [5, 5.41) is 13.9. The van der Waals surface area contributed by atoms with Crippen LogP contribution in [0.25, 0.3) is 33.4 Å². The van der Waals surface area contributed by atoms with Crippen LogP contribution in [0.15, 0.2) is 73.2 Å². The summed E-state index contributed by atoms with van der Waals surface area (Å²) < 4.78 is 5.59. The fourth-order valence-electron chi connectivity index (χ4n) is 4.72. The molecule has 6 rings (SSSR count). The lowest BCUT2D eigenvalue weighted by Gasteiger charge is -2.35. The van der Waals surface area contributed by atoms with Crippen molar-refractivity contribution in [3.8, 4) is 28.3 Å². The van der Waals surface area contributed by atoms with E-state index in [4.69, 9.17) is 32.9 Å². The van der Waals surface area contributed by atoms with E-state index in [2.05, 4.69) is 25.2 Å². The molecule has 3 aromatic heterocycles. The van der Waals surface area contributed by atoms with E-state index in [-0.39, 0.29) is 6.10 Å². The molecule has 0 amide bonds. The molecule has 4 heterocycles. The summed E-state index contributed by atoms with van der Waals surface area (Å²) in [5.41, 5.74) is 5.99. The van der Waals surface area contributed by atoms with Crippen LogP contribution >= 0.6 is 23.2 Å². The maximum Gasteiger partial charge on any atom is 0.218 e. The van der Waals surface area contributed by atoms with Gasteiger partial charge < -0.3 is 15.2 Å². The number of ether oxygens (including phenoxy) is 1. The molecule has 196 valence electrons. The molecule has 8 nitrogen and oxygen atoms in total. The van der Waals surface area contributed by atoms with Gasteiger partial charge in [-0.25, -0.2) is 15.0 Å². The highest BCUT2D eigenvalue weighted by molar-refractivity contribution is 6.39. The predicted molar refractivity (Wildman–Crippen MR) is 154 cm³/mol. The van der Waals surface area contributed by atoms with Gasteiger partial charge >= 0.3 is 0 Å². The molecule has 0 spiro atoms. The Morgan fingerprint density at radius 3 is 2.44 bits per heavy atom. The number of pyridine rings is 2. The second-order valence-electron chi connectivity index (χ2n) is 9.26. The van der Waals surface area contributed by atoms with Crippen molar-refractivity contribution in [2.75, 3.05) is 25.5 Å². The smallest absolute Gasteiger partial charge is 0.218 e. The van der Waals surface area contributed by atoms with Gasteiger partial charge in [-0.1, -0.05) is 59.6 Å². The topological polar surface area (TPSA) is 96.3 Å². The molecule has 0 atom stereocenters. The summed E-state index contributed by atoms with van der Waals surface area (Å²) >= 11 is 13.9. The van der Waals surface area contributed by atoms with Crippen LogP contribution in [-0.4, -0.2) is 56.2 Å². The summed E-state index contributed by atoms with van der Waals surface area (Å²) in [5.74, 6) is 1.09. The van der Waals surface area contributed by atoms with Gasteiger partial charge in [0.1, 0.15) is 5.52 Å². The molecule has 0 unspecified atom stereocenters. The second kappa shape index (κ2) is 10.7. The van der Waals surface area contributed by atoms with Gasteiger partial charge in [-0.2, -0.15) is 0 Å². The number of anilines is 2. The maximum absolute atomic E-state index is 9.59. The number of fused-ring (bicyclic) bond motifs is 1. The zero-order chi connectivity index (χ0) is 26.9. The monoisotopic (exact) mass is 558 g/mol. The predicted octanol–water partition coefficient (Wildman–Crippen LogP) is 5.99. The van der Waals surface area contributed by atoms with Crippen LogP contribution in [-0.2, 0) is 6.54 Å². The van der Waals surface area contributed by atoms with Crippen molar-refractivity contribution in [1.82, 2.24) is 24.8 Å². The first-order chi connectivity index (χ1) is 19.0. The number of halogens is 2. The number of methoxy groups -OCH3 is 1. The Morgan fingerprint density at radius 2 is 1.64 bits per heavy atom. The largest absolute Gasteiger partial charge is 0.481 e. The molecule has 1 saturated heterocycles. The Labute approximate surface area is 235 Å². The molecule has 39 heavy (non-hydrogen) atoms. The van der Waals surface area contributed by atoms with Crippen molar-refractivity contribution < 1.29 is 9.84 Å². The molecule has 0 aliphatic carbocycles. The van der Waals surface area contributed by atoms with Crippen LogP contribution in [0, 0.1) is 0 Å². The molecule has 5 aromatic rings. The molecule has 1 aliphatic heterocycles. The quantitative estimate of drug-likeness (QED) is 0.251. The third-order valence-corrected chi connectivity index (χ3v) is 7.48. The van der Waals surface area contributed by atoms with Crippen LogP contribution in [0.3, 0.4) is 0 Å². The van der Waals surface area contributed by atoms with Crippen LogP contribution in [0.1, 0.15) is 5.56 Å². The Bertz CT molecular complexity index is 1670. The lowest BCUT2D eigenvalue weighted by Crippen LogP contribution is -2.49. The van der Waals surface area contributed by atoms with Crippen molar-refractivity contribution in [2.24, 2.45) is 0 Å². The molecular weight excluding hydrogens is 535 g/mol. The fourth-order valence-corrected chi connectivity index (χ4v) is 5.32. The minimum absolute atomic E-state index is 0.262. The number of rotatable bonds is 7. The number of hydrogen-bond acceptors (Lipinski definition) is 8. The third-order valence-electron chi connectivity index (χ3n) is 6.67. The van der Waals surface area contributed by atoms with Gasteiger partial charge in [-0.05, 0) is 18.2 Å². The van der Waals surface area contributed by atoms with E-state index in [1.54, 1.807) is 25.7 Å². The van der Waals surface area contributed by atoms with Crippen LogP contribution in [0.5, 0.6) is 5.88 Å². The number of aliphatic hydroxyl groups excluding tert-OH is 1. The summed E-state index contributed by atoms with van der Waals surface area (Å²) in [7, 11) is 1.60. The lowest BCUT2D eigenvalue weighted by atomic mass is 10.00. The first kappa shape index (κ1) is 25.5. The Kier molecular flexibility index (Phi) is 7.01. The number of aliphatic hydroxyl groups is 1. The van der Waals surface area contributed by atoms with Crippen molar-refractivity contribution in [2.45, 2.75) is 12.6 Å². The minimum Gasteiger partial charge on any atom is -0.481 e. The highest BCUT2D eigenvalue weighted by Gasteiger charge is 2.25. The van der Waals surface area contributed by atoms with Crippen molar-refractivity contribution in [3.05, 3.63) is 88.8 Å². The van der Waals surface area contributed by atoms with Crippen LogP contribution in [0.2, 0.25) is 10.0 Å². The standard InChI is InChI=1S/C29H24Cl2N6O2/c1-39-29-17(14-37-15-18(38)16-37)8-9-22(36-29)21-6-2-4-19(25(21)30)20-5-3-7-23(26(20)31)35-28-27-24(10-11-34-28)32-12-13-33-27/h2-13,18,38H,14-16H2,1H3,(H,34,35).